The molecular formula is C23H24ClN3O2. The van der Waals surface area contributed by atoms with Crippen LogP contribution in [0.2, 0.25) is 5.02 Å². The molecule has 0 aliphatic rings. The number of carbonyl (C=O) groups excluding carboxylic acids is 1. The topological polar surface area (TPSA) is 59.2 Å². The molecule has 0 spiro atoms. The monoisotopic (exact) mass is 409 g/mol. The first kappa shape index (κ1) is 20.8. The molecule has 0 bridgehead atoms. The zero-order valence-electron chi connectivity index (χ0n) is 16.9. The number of hydrogen-bond acceptors (Lipinski definition) is 4. The van der Waals surface area contributed by atoms with Gasteiger partial charge in [-0.25, -0.2) is 0 Å². The van der Waals surface area contributed by atoms with Crippen LogP contribution in [-0.4, -0.2) is 27.5 Å². The van der Waals surface area contributed by atoms with Gasteiger partial charge in [-0.3, -0.25) is 4.79 Å². The lowest BCUT2D eigenvalue weighted by Crippen LogP contribution is -2.31. The normalized spacial score (nSPS) is 11.3. The van der Waals surface area contributed by atoms with E-state index in [0.717, 1.165) is 5.56 Å². The molecule has 6 heteroatoms. The lowest BCUT2D eigenvalue weighted by molar-refractivity contribution is 0.0745. The van der Waals surface area contributed by atoms with Gasteiger partial charge in [0.05, 0.1) is 0 Å². The lowest BCUT2D eigenvalue weighted by Gasteiger charge is -2.21. The highest BCUT2D eigenvalue weighted by Gasteiger charge is 2.20. The first-order valence-corrected chi connectivity index (χ1v) is 9.75. The zero-order valence-corrected chi connectivity index (χ0v) is 17.6. The molecule has 0 fully saturated rings. The van der Waals surface area contributed by atoms with Crippen molar-refractivity contribution < 1.29 is 9.32 Å². The number of hydrogen-bond donors (Lipinski definition) is 0. The molecular weight excluding hydrogens is 386 g/mol. The highest BCUT2D eigenvalue weighted by molar-refractivity contribution is 6.30. The Morgan fingerprint density at radius 2 is 1.79 bits per heavy atom. The maximum atomic E-state index is 13.0. The van der Waals surface area contributed by atoms with E-state index in [1.54, 1.807) is 23.1 Å². The molecule has 0 aliphatic heterocycles. The highest BCUT2D eigenvalue weighted by atomic mass is 35.5. The molecule has 0 atom stereocenters. The summed E-state index contributed by atoms with van der Waals surface area (Å²) in [6.45, 7) is 10.7. The molecule has 0 unspecified atom stereocenters. The van der Waals surface area contributed by atoms with E-state index in [9.17, 15) is 4.79 Å². The van der Waals surface area contributed by atoms with Crippen molar-refractivity contribution in [2.75, 3.05) is 6.54 Å². The average molecular weight is 410 g/mol. The number of benzene rings is 2. The van der Waals surface area contributed by atoms with Gasteiger partial charge in [-0.15, -0.1) is 6.58 Å². The maximum Gasteiger partial charge on any atom is 0.254 e. The molecule has 2 aromatic carbocycles. The van der Waals surface area contributed by atoms with E-state index >= 15 is 0 Å². The molecule has 150 valence electrons. The molecule has 29 heavy (non-hydrogen) atoms. The molecule has 0 aliphatic carbocycles. The second kappa shape index (κ2) is 8.62. The number of halogens is 1. The number of aromatic nitrogens is 2. The van der Waals surface area contributed by atoms with E-state index in [-0.39, 0.29) is 17.9 Å². The van der Waals surface area contributed by atoms with Crippen LogP contribution in [0.5, 0.6) is 0 Å². The third kappa shape index (κ3) is 5.12. The summed E-state index contributed by atoms with van der Waals surface area (Å²) in [6.07, 6.45) is 1.68. The van der Waals surface area contributed by atoms with Crippen molar-refractivity contribution in [1.82, 2.24) is 15.0 Å². The van der Waals surface area contributed by atoms with Crippen molar-refractivity contribution in [1.29, 1.82) is 0 Å². The Balaban J connectivity index is 1.77. The van der Waals surface area contributed by atoms with Crippen LogP contribution in [-0.2, 0) is 12.0 Å². The smallest absolute Gasteiger partial charge is 0.254 e. The van der Waals surface area contributed by atoms with Crippen molar-refractivity contribution in [2.24, 2.45) is 0 Å². The molecule has 3 aromatic rings. The van der Waals surface area contributed by atoms with Gasteiger partial charge in [-0.2, -0.15) is 4.98 Å². The predicted octanol–water partition coefficient (Wildman–Crippen LogP) is 5.52. The molecule has 5 nitrogen and oxygen atoms in total. The second-order valence-corrected chi connectivity index (χ2v) is 8.26. The Morgan fingerprint density at radius 3 is 2.38 bits per heavy atom. The third-order valence-electron chi connectivity index (χ3n) is 4.53. The van der Waals surface area contributed by atoms with Crippen LogP contribution < -0.4 is 0 Å². The quantitative estimate of drug-likeness (QED) is 0.503. The van der Waals surface area contributed by atoms with Gasteiger partial charge < -0.3 is 9.42 Å². The SMILES string of the molecule is C=CCN(Cc1nc(-c2ccc(Cl)cc2)no1)C(=O)c1ccc(C(C)(C)C)cc1. The van der Waals surface area contributed by atoms with Gasteiger partial charge >= 0.3 is 0 Å². The van der Waals surface area contributed by atoms with Crippen molar-refractivity contribution in [3.05, 3.63) is 83.2 Å². The minimum absolute atomic E-state index is 0.0320. The van der Waals surface area contributed by atoms with Crippen molar-refractivity contribution in [3.63, 3.8) is 0 Å². The average Bonchev–Trinajstić information content (AvgIpc) is 3.15. The Bertz CT molecular complexity index is 986. The van der Waals surface area contributed by atoms with Crippen molar-refractivity contribution >= 4 is 17.5 Å². The van der Waals surface area contributed by atoms with Gasteiger partial charge in [0, 0.05) is 22.7 Å². The maximum absolute atomic E-state index is 13.0. The molecule has 0 saturated heterocycles. The first-order valence-electron chi connectivity index (χ1n) is 9.37. The van der Waals surface area contributed by atoms with E-state index < -0.39 is 0 Å². The van der Waals surface area contributed by atoms with Gasteiger partial charge in [0.2, 0.25) is 11.7 Å². The summed E-state index contributed by atoms with van der Waals surface area (Å²) in [4.78, 5) is 19.0. The third-order valence-corrected chi connectivity index (χ3v) is 4.78. The van der Waals surface area contributed by atoms with Crippen LogP contribution in [0.1, 0.15) is 42.6 Å². The van der Waals surface area contributed by atoms with E-state index in [0.29, 0.717) is 28.8 Å². The van der Waals surface area contributed by atoms with Crippen LogP contribution >= 0.6 is 11.6 Å². The van der Waals surface area contributed by atoms with E-state index in [1.165, 1.54) is 5.56 Å². The van der Waals surface area contributed by atoms with Gasteiger partial charge in [-0.05, 0) is 47.4 Å². The summed E-state index contributed by atoms with van der Waals surface area (Å²) in [7, 11) is 0. The van der Waals surface area contributed by atoms with Crippen molar-refractivity contribution in [2.45, 2.75) is 32.7 Å². The summed E-state index contributed by atoms with van der Waals surface area (Å²) in [5, 5.41) is 4.64. The van der Waals surface area contributed by atoms with Crippen LogP contribution in [0.3, 0.4) is 0 Å². The fraction of sp³-hybridized carbons (Fsp3) is 0.261. The summed E-state index contributed by atoms with van der Waals surface area (Å²) in [5.74, 6) is 0.699. The Hall–Kier alpha value is -2.92. The molecule has 0 N–H and O–H groups in total. The summed E-state index contributed by atoms with van der Waals surface area (Å²) >= 11 is 5.92. The van der Waals surface area contributed by atoms with Crippen molar-refractivity contribution in [3.8, 4) is 11.4 Å². The molecule has 0 radical (unpaired) electrons. The minimum atomic E-state index is -0.114. The minimum Gasteiger partial charge on any atom is -0.337 e. The van der Waals surface area contributed by atoms with Crippen LogP contribution in [0, 0.1) is 0 Å². The fourth-order valence-electron chi connectivity index (χ4n) is 2.87. The van der Waals surface area contributed by atoms with E-state index in [2.05, 4.69) is 37.5 Å². The second-order valence-electron chi connectivity index (χ2n) is 7.82. The highest BCUT2D eigenvalue weighted by Crippen LogP contribution is 2.23. The Kier molecular flexibility index (Phi) is 6.18. The summed E-state index contributed by atoms with van der Waals surface area (Å²) in [5.41, 5.74) is 2.61. The largest absolute Gasteiger partial charge is 0.337 e. The Morgan fingerprint density at radius 1 is 1.14 bits per heavy atom. The van der Waals surface area contributed by atoms with Gasteiger partial charge in [0.25, 0.3) is 5.91 Å². The predicted molar refractivity (Wildman–Crippen MR) is 115 cm³/mol. The van der Waals surface area contributed by atoms with Crippen LogP contribution in [0.25, 0.3) is 11.4 Å². The van der Waals surface area contributed by atoms with Crippen LogP contribution in [0.15, 0.2) is 65.7 Å². The molecule has 0 saturated carbocycles. The molecule has 3 rings (SSSR count). The molecule has 1 aromatic heterocycles. The van der Waals surface area contributed by atoms with Gasteiger partial charge in [-0.1, -0.05) is 55.7 Å². The van der Waals surface area contributed by atoms with E-state index in [4.69, 9.17) is 16.1 Å². The number of nitrogens with zero attached hydrogens (tertiary/aromatic N) is 3. The summed E-state index contributed by atoms with van der Waals surface area (Å²) < 4.78 is 5.35. The number of amides is 1. The lowest BCUT2D eigenvalue weighted by atomic mass is 9.86. The molecule has 1 heterocycles. The Labute approximate surface area is 176 Å². The van der Waals surface area contributed by atoms with Gasteiger partial charge in [0.15, 0.2) is 0 Å². The van der Waals surface area contributed by atoms with E-state index in [1.807, 2.05) is 36.4 Å². The standard InChI is InChI=1S/C23H24ClN3O2/c1-5-14-27(22(28)17-6-10-18(11-7-17)23(2,3)4)15-20-25-21(26-29-20)16-8-12-19(24)13-9-16/h5-13H,1,14-15H2,2-4H3. The summed E-state index contributed by atoms with van der Waals surface area (Å²) in [6, 6.07) is 14.9. The zero-order chi connectivity index (χ0) is 21.0. The van der Waals surface area contributed by atoms with Gasteiger partial charge in [0.1, 0.15) is 6.54 Å². The first-order chi connectivity index (χ1) is 13.8. The number of carbonyl (C=O) groups is 1. The fourth-order valence-corrected chi connectivity index (χ4v) is 3.00. The number of rotatable bonds is 6. The van der Waals surface area contributed by atoms with Crippen LogP contribution in [0.4, 0.5) is 0 Å². The molecule has 1 amide bonds.